The van der Waals surface area contributed by atoms with Gasteiger partial charge in [0.2, 0.25) is 10.0 Å². The van der Waals surface area contributed by atoms with Crippen LogP contribution in [0.2, 0.25) is 0 Å². The average molecular weight is 286 g/mol. The highest BCUT2D eigenvalue weighted by Gasteiger charge is 2.25. The highest BCUT2D eigenvalue weighted by Crippen LogP contribution is 2.38. The quantitative estimate of drug-likeness (QED) is 0.817. The number of anilines is 1. The van der Waals surface area contributed by atoms with E-state index in [0.29, 0.717) is 6.42 Å². The number of rotatable bonds is 3. The van der Waals surface area contributed by atoms with Crippen molar-refractivity contribution >= 4 is 21.6 Å². The molecule has 19 heavy (non-hydrogen) atoms. The van der Waals surface area contributed by atoms with E-state index in [-0.39, 0.29) is 23.8 Å². The van der Waals surface area contributed by atoms with Crippen molar-refractivity contribution < 1.29 is 22.7 Å². The summed E-state index contributed by atoms with van der Waals surface area (Å²) in [5.41, 5.74) is 5.47. The molecule has 0 saturated carbocycles. The maximum atomic E-state index is 11.3. The molecule has 1 aromatic rings. The van der Waals surface area contributed by atoms with E-state index in [1.165, 1.54) is 0 Å². The van der Waals surface area contributed by atoms with Crippen molar-refractivity contribution in [2.75, 3.05) is 17.6 Å². The van der Waals surface area contributed by atoms with E-state index in [2.05, 4.69) is 4.72 Å². The number of primary amides is 1. The van der Waals surface area contributed by atoms with Gasteiger partial charge in [0.15, 0.2) is 17.6 Å². The second-order valence-corrected chi connectivity index (χ2v) is 5.90. The number of benzene rings is 1. The van der Waals surface area contributed by atoms with Gasteiger partial charge in [-0.1, -0.05) is 6.07 Å². The molecule has 3 N–H and O–H groups in total. The Hall–Kier alpha value is -1.96. The van der Waals surface area contributed by atoms with Crippen LogP contribution in [0.1, 0.15) is 6.42 Å². The van der Waals surface area contributed by atoms with E-state index in [9.17, 15) is 13.2 Å². The van der Waals surface area contributed by atoms with Gasteiger partial charge in [0.05, 0.1) is 18.6 Å². The van der Waals surface area contributed by atoms with E-state index in [0.717, 1.165) is 6.26 Å². The summed E-state index contributed by atoms with van der Waals surface area (Å²) < 4.78 is 35.7. The molecule has 1 aliphatic rings. The summed E-state index contributed by atoms with van der Waals surface area (Å²) in [6, 6.07) is 4.73. The van der Waals surface area contributed by atoms with Gasteiger partial charge in [-0.05, 0) is 12.1 Å². The Morgan fingerprint density at radius 3 is 2.84 bits per heavy atom. The van der Waals surface area contributed by atoms with Crippen molar-refractivity contribution in [1.82, 2.24) is 0 Å². The van der Waals surface area contributed by atoms with Crippen LogP contribution >= 0.6 is 0 Å². The number of sulfonamides is 1. The van der Waals surface area contributed by atoms with E-state index < -0.39 is 22.0 Å². The largest absolute Gasteiger partial charge is 0.487 e. The highest BCUT2D eigenvalue weighted by molar-refractivity contribution is 7.92. The summed E-state index contributed by atoms with van der Waals surface area (Å²) in [6.45, 7) is 0.211. The molecule has 1 unspecified atom stereocenters. The van der Waals surface area contributed by atoms with Crippen molar-refractivity contribution in [3.8, 4) is 11.5 Å². The van der Waals surface area contributed by atoms with Gasteiger partial charge < -0.3 is 15.2 Å². The second kappa shape index (κ2) is 4.96. The molecule has 1 aliphatic heterocycles. The Morgan fingerprint density at radius 1 is 1.47 bits per heavy atom. The lowest BCUT2D eigenvalue weighted by Crippen LogP contribution is -2.33. The lowest BCUT2D eigenvalue weighted by Gasteiger charge is -2.14. The summed E-state index contributed by atoms with van der Waals surface area (Å²) in [5.74, 6) is -0.0375. The third-order valence-corrected chi connectivity index (χ3v) is 3.08. The molecular weight excluding hydrogens is 272 g/mol. The summed E-state index contributed by atoms with van der Waals surface area (Å²) >= 11 is 0. The van der Waals surface area contributed by atoms with Gasteiger partial charge in [-0.15, -0.1) is 0 Å². The Morgan fingerprint density at radius 2 is 2.21 bits per heavy atom. The standard InChI is InChI=1S/C11H14N2O5S/c1-19(15,16)13-7-3-2-4-8-10(7)17-6-5-9(18-8)11(12)14/h2-4,9,13H,5-6H2,1H3,(H2,12,14). The first kappa shape index (κ1) is 13.5. The van der Waals surface area contributed by atoms with Gasteiger partial charge in [-0.2, -0.15) is 0 Å². The lowest BCUT2D eigenvalue weighted by atomic mass is 10.2. The van der Waals surface area contributed by atoms with Gasteiger partial charge in [0.25, 0.3) is 5.91 Å². The molecule has 0 aliphatic carbocycles. The fourth-order valence-corrected chi connectivity index (χ4v) is 2.28. The van der Waals surface area contributed by atoms with Crippen LogP contribution < -0.4 is 19.9 Å². The van der Waals surface area contributed by atoms with Gasteiger partial charge in [0.1, 0.15) is 0 Å². The third-order valence-electron chi connectivity index (χ3n) is 2.49. The van der Waals surface area contributed by atoms with E-state index in [4.69, 9.17) is 15.2 Å². The molecule has 1 amide bonds. The summed E-state index contributed by atoms with van der Waals surface area (Å²) in [5, 5.41) is 0. The normalized spacial score (nSPS) is 18.5. The summed E-state index contributed by atoms with van der Waals surface area (Å²) in [6.07, 6.45) is 0.563. The number of nitrogens with two attached hydrogens (primary N) is 1. The predicted molar refractivity (Wildman–Crippen MR) is 68.6 cm³/mol. The Bertz CT molecular complexity index is 599. The SMILES string of the molecule is CS(=O)(=O)Nc1cccc2c1OCCC(C(N)=O)O2. The van der Waals surface area contributed by atoms with E-state index in [1.54, 1.807) is 18.2 Å². The van der Waals surface area contributed by atoms with Crippen LogP contribution in [0.25, 0.3) is 0 Å². The maximum absolute atomic E-state index is 11.3. The molecule has 2 rings (SSSR count). The highest BCUT2D eigenvalue weighted by atomic mass is 32.2. The molecule has 1 heterocycles. The van der Waals surface area contributed by atoms with Crippen LogP contribution in [0.5, 0.6) is 11.5 Å². The molecular formula is C11H14N2O5S. The number of ether oxygens (including phenoxy) is 2. The minimum absolute atomic E-state index is 0.211. The first-order valence-electron chi connectivity index (χ1n) is 5.56. The number of amides is 1. The van der Waals surface area contributed by atoms with Crippen molar-refractivity contribution in [2.45, 2.75) is 12.5 Å². The van der Waals surface area contributed by atoms with Crippen LogP contribution in [0.15, 0.2) is 18.2 Å². The lowest BCUT2D eigenvalue weighted by molar-refractivity contribution is -0.124. The maximum Gasteiger partial charge on any atom is 0.258 e. The fourth-order valence-electron chi connectivity index (χ4n) is 1.72. The molecule has 0 bridgehead atoms. The molecule has 8 heteroatoms. The summed E-state index contributed by atoms with van der Waals surface area (Å²) in [4.78, 5) is 11.2. The number of carbonyl (C=O) groups is 1. The molecule has 0 spiro atoms. The monoisotopic (exact) mass is 286 g/mol. The van der Waals surface area contributed by atoms with Crippen LogP contribution in [0, 0.1) is 0 Å². The van der Waals surface area contributed by atoms with E-state index >= 15 is 0 Å². The Balaban J connectivity index is 2.37. The molecule has 1 aromatic carbocycles. The zero-order chi connectivity index (χ0) is 14.0. The molecule has 0 radical (unpaired) electrons. The number of hydrogen-bond acceptors (Lipinski definition) is 5. The van der Waals surface area contributed by atoms with Gasteiger partial charge in [-0.3, -0.25) is 9.52 Å². The van der Waals surface area contributed by atoms with Crippen molar-refractivity contribution in [3.63, 3.8) is 0 Å². The number of para-hydroxylation sites is 1. The van der Waals surface area contributed by atoms with Crippen molar-refractivity contribution in [2.24, 2.45) is 5.73 Å². The molecule has 0 aromatic heterocycles. The van der Waals surface area contributed by atoms with Crippen LogP contribution in [0.3, 0.4) is 0 Å². The molecule has 1 atom stereocenters. The topological polar surface area (TPSA) is 108 Å². The first-order valence-corrected chi connectivity index (χ1v) is 7.45. The Kier molecular flexibility index (Phi) is 3.52. The molecule has 0 saturated heterocycles. The number of nitrogens with one attached hydrogen (secondary N) is 1. The minimum atomic E-state index is -3.43. The second-order valence-electron chi connectivity index (χ2n) is 4.15. The number of hydrogen-bond donors (Lipinski definition) is 2. The smallest absolute Gasteiger partial charge is 0.258 e. The van der Waals surface area contributed by atoms with Crippen LogP contribution in [-0.2, 0) is 14.8 Å². The van der Waals surface area contributed by atoms with Crippen molar-refractivity contribution in [1.29, 1.82) is 0 Å². The molecule has 0 fully saturated rings. The van der Waals surface area contributed by atoms with Crippen LogP contribution in [0.4, 0.5) is 5.69 Å². The number of fused-ring (bicyclic) bond motifs is 1. The van der Waals surface area contributed by atoms with Gasteiger partial charge >= 0.3 is 0 Å². The van der Waals surface area contributed by atoms with Crippen LogP contribution in [-0.4, -0.2) is 33.3 Å². The first-order chi connectivity index (χ1) is 8.87. The zero-order valence-electron chi connectivity index (χ0n) is 10.3. The fraction of sp³-hybridized carbons (Fsp3) is 0.364. The molecule has 104 valence electrons. The van der Waals surface area contributed by atoms with Gasteiger partial charge in [-0.25, -0.2) is 8.42 Å². The predicted octanol–water partition coefficient (Wildman–Crippen LogP) is 0.0733. The minimum Gasteiger partial charge on any atom is -0.487 e. The average Bonchev–Trinajstić information content (AvgIpc) is 2.49. The van der Waals surface area contributed by atoms with Gasteiger partial charge in [0, 0.05) is 6.42 Å². The third kappa shape index (κ3) is 3.28. The zero-order valence-corrected chi connectivity index (χ0v) is 11.1. The number of carbonyl (C=O) groups excluding carboxylic acids is 1. The Labute approximate surface area is 110 Å². The van der Waals surface area contributed by atoms with Crippen molar-refractivity contribution in [3.05, 3.63) is 18.2 Å². The summed E-state index contributed by atoms with van der Waals surface area (Å²) in [7, 11) is -3.43. The van der Waals surface area contributed by atoms with E-state index in [1.807, 2.05) is 0 Å². The molecule has 7 nitrogen and oxygen atoms in total.